The number of phenols is 1. The Balaban J connectivity index is 2.77. The van der Waals surface area contributed by atoms with E-state index in [0.29, 0.717) is 5.39 Å². The summed E-state index contributed by atoms with van der Waals surface area (Å²) < 4.78 is 0.935. The van der Waals surface area contributed by atoms with Gasteiger partial charge in [0.2, 0.25) is 0 Å². The Morgan fingerprint density at radius 2 is 2.12 bits per heavy atom. The normalized spacial score (nSPS) is 12.8. The summed E-state index contributed by atoms with van der Waals surface area (Å²) in [6.07, 6.45) is -0.789. The van der Waals surface area contributed by atoms with Crippen molar-refractivity contribution in [2.45, 2.75) is 19.6 Å². The summed E-state index contributed by atoms with van der Waals surface area (Å²) in [5.41, 5.74) is -0.805. The van der Waals surface area contributed by atoms with E-state index in [1.54, 1.807) is 0 Å². The highest BCUT2D eigenvalue weighted by atomic mass is 16.3. The smallest absolute Gasteiger partial charge is 0.328 e. The molecule has 17 heavy (non-hydrogen) atoms. The van der Waals surface area contributed by atoms with Crippen molar-refractivity contribution in [1.29, 1.82) is 0 Å². The monoisotopic (exact) mass is 236 g/mol. The van der Waals surface area contributed by atoms with Crippen molar-refractivity contribution in [2.24, 2.45) is 0 Å². The van der Waals surface area contributed by atoms with E-state index in [0.717, 1.165) is 4.57 Å². The van der Waals surface area contributed by atoms with E-state index in [1.807, 2.05) is 0 Å². The van der Waals surface area contributed by atoms with E-state index in [9.17, 15) is 19.8 Å². The third-order valence-electron chi connectivity index (χ3n) is 2.41. The van der Waals surface area contributed by atoms with Crippen LogP contribution in [0.1, 0.15) is 6.92 Å². The standard InChI is InChI=1S/C11H12N2O4/c1-6(14)5-13-10(16)8-3-2-7(15)4-9(8)12-11(13)17/h2-4,6,14-15H,5H2,1H3,(H,12,17). The van der Waals surface area contributed by atoms with Crippen molar-refractivity contribution >= 4 is 10.9 Å². The number of aromatic amines is 1. The van der Waals surface area contributed by atoms with E-state index in [1.165, 1.54) is 25.1 Å². The van der Waals surface area contributed by atoms with Gasteiger partial charge in [-0.15, -0.1) is 0 Å². The van der Waals surface area contributed by atoms with Crippen LogP contribution >= 0.6 is 0 Å². The van der Waals surface area contributed by atoms with Crippen LogP contribution in [0.4, 0.5) is 0 Å². The minimum Gasteiger partial charge on any atom is -0.508 e. The first-order valence-corrected chi connectivity index (χ1v) is 5.13. The number of aliphatic hydroxyl groups is 1. The molecule has 1 aromatic carbocycles. The zero-order valence-corrected chi connectivity index (χ0v) is 9.17. The Labute approximate surface area is 95.8 Å². The molecule has 0 saturated heterocycles. The van der Waals surface area contributed by atoms with E-state index >= 15 is 0 Å². The maximum atomic E-state index is 11.9. The van der Waals surface area contributed by atoms with Crippen molar-refractivity contribution < 1.29 is 10.2 Å². The molecule has 1 atom stereocenters. The zero-order chi connectivity index (χ0) is 12.6. The number of nitrogens with zero attached hydrogens (tertiary/aromatic N) is 1. The second-order valence-corrected chi connectivity index (χ2v) is 3.92. The second-order valence-electron chi connectivity index (χ2n) is 3.92. The van der Waals surface area contributed by atoms with Crippen LogP contribution in [0.25, 0.3) is 10.9 Å². The van der Waals surface area contributed by atoms with Crippen LogP contribution in [0.5, 0.6) is 5.75 Å². The number of phenolic OH excluding ortho intramolecular Hbond substituents is 1. The lowest BCUT2D eigenvalue weighted by Gasteiger charge is -2.08. The number of fused-ring (bicyclic) bond motifs is 1. The van der Waals surface area contributed by atoms with Crippen LogP contribution in [-0.2, 0) is 6.54 Å². The van der Waals surface area contributed by atoms with Crippen molar-refractivity contribution in [3.63, 3.8) is 0 Å². The number of H-pyrrole nitrogens is 1. The van der Waals surface area contributed by atoms with E-state index in [4.69, 9.17) is 0 Å². The number of aliphatic hydroxyl groups excluding tert-OH is 1. The predicted molar refractivity (Wildman–Crippen MR) is 62.2 cm³/mol. The summed E-state index contributed by atoms with van der Waals surface area (Å²) >= 11 is 0. The Morgan fingerprint density at radius 1 is 1.41 bits per heavy atom. The number of hydrogen-bond acceptors (Lipinski definition) is 4. The van der Waals surface area contributed by atoms with Gasteiger partial charge in [0, 0.05) is 6.07 Å². The molecular formula is C11H12N2O4. The SMILES string of the molecule is CC(O)Cn1c(=O)[nH]c2cc(O)ccc2c1=O. The topological polar surface area (TPSA) is 95.3 Å². The van der Waals surface area contributed by atoms with Gasteiger partial charge < -0.3 is 15.2 Å². The molecule has 0 aliphatic carbocycles. The molecule has 0 amide bonds. The number of hydrogen-bond donors (Lipinski definition) is 3. The third-order valence-corrected chi connectivity index (χ3v) is 2.41. The Kier molecular flexibility index (Phi) is 2.72. The Morgan fingerprint density at radius 3 is 2.76 bits per heavy atom. The lowest BCUT2D eigenvalue weighted by Crippen LogP contribution is -2.37. The molecule has 0 spiro atoms. The largest absolute Gasteiger partial charge is 0.508 e. The molecule has 2 aromatic rings. The molecule has 0 aliphatic rings. The number of rotatable bonds is 2. The molecule has 0 bridgehead atoms. The first kappa shape index (κ1) is 11.4. The minimum atomic E-state index is -0.789. The highest BCUT2D eigenvalue weighted by Crippen LogP contribution is 2.13. The van der Waals surface area contributed by atoms with Gasteiger partial charge in [0.1, 0.15) is 5.75 Å². The van der Waals surface area contributed by atoms with Gasteiger partial charge in [-0.1, -0.05) is 0 Å². The summed E-state index contributed by atoms with van der Waals surface area (Å²) in [6, 6.07) is 4.11. The first-order chi connectivity index (χ1) is 7.99. The van der Waals surface area contributed by atoms with Crippen molar-refractivity contribution in [2.75, 3.05) is 0 Å². The van der Waals surface area contributed by atoms with Crippen molar-refractivity contribution in [1.82, 2.24) is 9.55 Å². The van der Waals surface area contributed by atoms with E-state index < -0.39 is 17.4 Å². The van der Waals surface area contributed by atoms with Crippen LogP contribution in [0, 0.1) is 0 Å². The fraction of sp³-hybridized carbons (Fsp3) is 0.273. The number of benzene rings is 1. The highest BCUT2D eigenvalue weighted by Gasteiger charge is 2.09. The predicted octanol–water partition coefficient (Wildman–Crippen LogP) is -0.224. The average molecular weight is 236 g/mol. The summed E-state index contributed by atoms with van der Waals surface area (Å²) in [4.78, 5) is 26.0. The minimum absolute atomic E-state index is 0.0270. The van der Waals surface area contributed by atoms with Crippen LogP contribution in [0.3, 0.4) is 0 Å². The molecular weight excluding hydrogens is 224 g/mol. The molecule has 1 aromatic heterocycles. The van der Waals surface area contributed by atoms with Gasteiger partial charge in [-0.05, 0) is 19.1 Å². The molecule has 0 aliphatic heterocycles. The molecule has 1 heterocycles. The van der Waals surface area contributed by atoms with Crippen LogP contribution in [0.15, 0.2) is 27.8 Å². The lowest BCUT2D eigenvalue weighted by atomic mass is 10.2. The maximum absolute atomic E-state index is 11.9. The van der Waals surface area contributed by atoms with Gasteiger partial charge in [0.25, 0.3) is 5.56 Å². The van der Waals surface area contributed by atoms with Crippen molar-refractivity contribution in [3.8, 4) is 5.75 Å². The molecule has 0 radical (unpaired) electrons. The van der Waals surface area contributed by atoms with E-state index in [-0.39, 0.29) is 17.8 Å². The quantitative estimate of drug-likeness (QED) is 0.671. The molecule has 2 rings (SSSR count). The van der Waals surface area contributed by atoms with Gasteiger partial charge in [-0.2, -0.15) is 0 Å². The summed E-state index contributed by atoms with van der Waals surface area (Å²) in [7, 11) is 0. The van der Waals surface area contributed by atoms with E-state index in [2.05, 4.69) is 4.98 Å². The Hall–Kier alpha value is -2.08. The fourth-order valence-electron chi connectivity index (χ4n) is 1.67. The van der Waals surface area contributed by atoms with Crippen LogP contribution in [-0.4, -0.2) is 25.9 Å². The third kappa shape index (κ3) is 2.07. The lowest BCUT2D eigenvalue weighted by molar-refractivity contribution is 0.170. The Bertz CT molecular complexity index is 669. The average Bonchev–Trinajstić information content (AvgIpc) is 2.23. The molecule has 0 saturated carbocycles. The van der Waals surface area contributed by atoms with Gasteiger partial charge in [-0.3, -0.25) is 9.36 Å². The highest BCUT2D eigenvalue weighted by molar-refractivity contribution is 5.78. The van der Waals surface area contributed by atoms with Gasteiger partial charge in [-0.25, -0.2) is 4.79 Å². The van der Waals surface area contributed by atoms with Crippen molar-refractivity contribution in [3.05, 3.63) is 39.0 Å². The van der Waals surface area contributed by atoms with Gasteiger partial charge in [0.05, 0.1) is 23.6 Å². The summed E-state index contributed by atoms with van der Waals surface area (Å²) in [5.74, 6) is -0.0270. The fourth-order valence-corrected chi connectivity index (χ4v) is 1.67. The molecule has 1 unspecified atom stereocenters. The summed E-state index contributed by atoms with van der Waals surface area (Å²) in [6.45, 7) is 1.43. The molecule has 6 heteroatoms. The summed E-state index contributed by atoms with van der Waals surface area (Å²) in [5, 5.41) is 18.8. The van der Waals surface area contributed by atoms with Gasteiger partial charge in [0.15, 0.2) is 0 Å². The molecule has 6 nitrogen and oxygen atoms in total. The van der Waals surface area contributed by atoms with Gasteiger partial charge >= 0.3 is 5.69 Å². The molecule has 0 fully saturated rings. The van der Waals surface area contributed by atoms with Crippen LogP contribution in [0.2, 0.25) is 0 Å². The molecule has 3 N–H and O–H groups in total. The number of nitrogens with one attached hydrogen (secondary N) is 1. The maximum Gasteiger partial charge on any atom is 0.328 e. The first-order valence-electron chi connectivity index (χ1n) is 5.13. The van der Waals surface area contributed by atoms with Crippen LogP contribution < -0.4 is 11.2 Å². The zero-order valence-electron chi connectivity index (χ0n) is 9.17. The number of aromatic hydroxyl groups is 1. The second kappa shape index (κ2) is 4.06. The number of aromatic nitrogens is 2. The molecule has 90 valence electrons.